The van der Waals surface area contributed by atoms with Gasteiger partial charge in [-0.15, -0.1) is 0 Å². The SMILES string of the molecule is COc1cccc(NC(=O)Nc2cnc3ccnn3c2)c1. The predicted molar refractivity (Wildman–Crippen MR) is 78.6 cm³/mol. The van der Waals surface area contributed by atoms with Crippen molar-refractivity contribution in [3.8, 4) is 5.75 Å². The molecule has 2 heterocycles. The Morgan fingerprint density at radius 1 is 1.24 bits per heavy atom. The highest BCUT2D eigenvalue weighted by Crippen LogP contribution is 2.17. The highest BCUT2D eigenvalue weighted by molar-refractivity contribution is 5.99. The van der Waals surface area contributed by atoms with E-state index in [-0.39, 0.29) is 6.03 Å². The lowest BCUT2D eigenvalue weighted by Crippen LogP contribution is -2.19. The lowest BCUT2D eigenvalue weighted by molar-refractivity contribution is 0.262. The van der Waals surface area contributed by atoms with Gasteiger partial charge < -0.3 is 15.4 Å². The second-order valence-corrected chi connectivity index (χ2v) is 4.29. The Morgan fingerprint density at radius 3 is 2.95 bits per heavy atom. The number of methoxy groups -OCH3 is 1. The van der Waals surface area contributed by atoms with E-state index in [0.717, 1.165) is 0 Å². The molecule has 2 aromatic heterocycles. The first-order chi connectivity index (χ1) is 10.2. The van der Waals surface area contributed by atoms with E-state index in [4.69, 9.17) is 4.74 Å². The molecule has 0 aliphatic rings. The number of hydrogen-bond donors (Lipinski definition) is 2. The minimum atomic E-state index is -0.364. The Hall–Kier alpha value is -3.09. The van der Waals surface area contributed by atoms with Crippen LogP contribution in [0.2, 0.25) is 0 Å². The Bertz CT molecular complexity index is 784. The lowest BCUT2D eigenvalue weighted by Gasteiger charge is -2.08. The molecule has 0 spiro atoms. The molecule has 0 atom stereocenters. The summed E-state index contributed by atoms with van der Waals surface area (Å²) in [6.07, 6.45) is 4.90. The first-order valence-electron chi connectivity index (χ1n) is 6.26. The summed E-state index contributed by atoms with van der Waals surface area (Å²) < 4.78 is 6.69. The van der Waals surface area contributed by atoms with Crippen LogP contribution in [-0.2, 0) is 0 Å². The van der Waals surface area contributed by atoms with Gasteiger partial charge in [0.25, 0.3) is 0 Å². The molecule has 1 aromatic carbocycles. The molecule has 0 saturated heterocycles. The van der Waals surface area contributed by atoms with Crippen molar-refractivity contribution in [1.82, 2.24) is 14.6 Å². The quantitative estimate of drug-likeness (QED) is 0.773. The van der Waals surface area contributed by atoms with Crippen LogP contribution in [0.4, 0.5) is 16.2 Å². The number of benzene rings is 1. The standard InChI is InChI=1S/C14H13N5O2/c1-21-12-4-2-3-10(7-12)17-14(20)18-11-8-15-13-5-6-16-19(13)9-11/h2-9H,1H3,(H2,17,18,20). The van der Waals surface area contributed by atoms with Gasteiger partial charge in [0.2, 0.25) is 0 Å². The number of nitrogens with one attached hydrogen (secondary N) is 2. The molecule has 0 fully saturated rings. The third kappa shape index (κ3) is 2.92. The van der Waals surface area contributed by atoms with Crippen molar-refractivity contribution in [2.45, 2.75) is 0 Å². The van der Waals surface area contributed by atoms with Gasteiger partial charge in [-0.3, -0.25) is 0 Å². The van der Waals surface area contributed by atoms with Gasteiger partial charge in [0.05, 0.1) is 31.4 Å². The van der Waals surface area contributed by atoms with E-state index in [2.05, 4.69) is 20.7 Å². The van der Waals surface area contributed by atoms with E-state index >= 15 is 0 Å². The number of carbonyl (C=O) groups is 1. The molecule has 0 radical (unpaired) electrons. The summed E-state index contributed by atoms with van der Waals surface area (Å²) in [5.41, 5.74) is 1.90. The number of rotatable bonds is 3. The molecule has 3 rings (SSSR count). The Kier molecular flexibility index (Phi) is 3.38. The summed E-state index contributed by atoms with van der Waals surface area (Å²) >= 11 is 0. The molecule has 7 heteroatoms. The smallest absolute Gasteiger partial charge is 0.323 e. The largest absolute Gasteiger partial charge is 0.497 e. The molecule has 21 heavy (non-hydrogen) atoms. The van der Waals surface area contributed by atoms with Gasteiger partial charge in [0.15, 0.2) is 5.65 Å². The molecule has 2 N–H and O–H groups in total. The maximum absolute atomic E-state index is 11.9. The second kappa shape index (κ2) is 5.49. The van der Waals surface area contributed by atoms with Crippen LogP contribution in [0.5, 0.6) is 5.75 Å². The first-order valence-corrected chi connectivity index (χ1v) is 6.26. The van der Waals surface area contributed by atoms with Crippen LogP contribution in [0.1, 0.15) is 0 Å². The van der Waals surface area contributed by atoms with Crippen molar-refractivity contribution >= 4 is 23.1 Å². The average Bonchev–Trinajstić information content (AvgIpc) is 2.95. The second-order valence-electron chi connectivity index (χ2n) is 4.29. The van der Waals surface area contributed by atoms with Crippen molar-refractivity contribution in [2.24, 2.45) is 0 Å². The van der Waals surface area contributed by atoms with E-state index in [0.29, 0.717) is 22.8 Å². The fourth-order valence-electron chi connectivity index (χ4n) is 1.87. The molecule has 0 bridgehead atoms. The number of anilines is 2. The zero-order valence-electron chi connectivity index (χ0n) is 11.3. The summed E-state index contributed by atoms with van der Waals surface area (Å²) in [4.78, 5) is 16.1. The summed E-state index contributed by atoms with van der Waals surface area (Å²) in [6, 6.07) is 8.52. The summed E-state index contributed by atoms with van der Waals surface area (Å²) in [5, 5.41) is 9.47. The molecule has 0 aliphatic carbocycles. The number of amides is 2. The van der Waals surface area contributed by atoms with Gasteiger partial charge in [0.1, 0.15) is 5.75 Å². The normalized spacial score (nSPS) is 10.3. The number of urea groups is 1. The summed E-state index contributed by atoms with van der Waals surface area (Å²) in [7, 11) is 1.57. The van der Waals surface area contributed by atoms with Crippen molar-refractivity contribution in [1.29, 1.82) is 0 Å². The summed E-state index contributed by atoms with van der Waals surface area (Å²) in [6.45, 7) is 0. The minimum Gasteiger partial charge on any atom is -0.497 e. The van der Waals surface area contributed by atoms with Gasteiger partial charge in [-0.1, -0.05) is 6.07 Å². The Balaban J connectivity index is 1.70. The topological polar surface area (TPSA) is 80.5 Å². The van der Waals surface area contributed by atoms with E-state index in [1.54, 1.807) is 60.5 Å². The Labute approximate surface area is 120 Å². The van der Waals surface area contributed by atoms with E-state index in [1.807, 2.05) is 0 Å². The number of fused-ring (bicyclic) bond motifs is 1. The maximum Gasteiger partial charge on any atom is 0.323 e. The van der Waals surface area contributed by atoms with Crippen molar-refractivity contribution in [2.75, 3.05) is 17.7 Å². The fourth-order valence-corrected chi connectivity index (χ4v) is 1.87. The highest BCUT2D eigenvalue weighted by Gasteiger charge is 2.05. The molecule has 0 unspecified atom stereocenters. The third-order valence-corrected chi connectivity index (χ3v) is 2.83. The molecular formula is C14H13N5O2. The van der Waals surface area contributed by atoms with Gasteiger partial charge in [0, 0.05) is 17.8 Å². The molecule has 0 aliphatic heterocycles. The predicted octanol–water partition coefficient (Wildman–Crippen LogP) is 2.38. The maximum atomic E-state index is 11.9. The number of nitrogens with zero attached hydrogens (tertiary/aromatic N) is 3. The minimum absolute atomic E-state index is 0.364. The van der Waals surface area contributed by atoms with E-state index in [1.165, 1.54) is 0 Å². The first kappa shape index (κ1) is 12.9. The van der Waals surface area contributed by atoms with Crippen LogP contribution in [0.15, 0.2) is 48.9 Å². The summed E-state index contributed by atoms with van der Waals surface area (Å²) in [5.74, 6) is 0.674. The average molecular weight is 283 g/mol. The van der Waals surface area contributed by atoms with Crippen LogP contribution in [0.25, 0.3) is 5.65 Å². The van der Waals surface area contributed by atoms with Crippen LogP contribution in [0.3, 0.4) is 0 Å². The number of ether oxygens (including phenoxy) is 1. The third-order valence-electron chi connectivity index (χ3n) is 2.83. The van der Waals surface area contributed by atoms with Crippen molar-refractivity contribution in [3.05, 3.63) is 48.9 Å². The van der Waals surface area contributed by atoms with Gasteiger partial charge in [-0.05, 0) is 12.1 Å². The van der Waals surface area contributed by atoms with Crippen LogP contribution in [-0.4, -0.2) is 27.7 Å². The van der Waals surface area contributed by atoms with Crippen molar-refractivity contribution in [3.63, 3.8) is 0 Å². The molecular weight excluding hydrogens is 270 g/mol. The zero-order valence-corrected chi connectivity index (χ0v) is 11.3. The molecule has 2 amide bonds. The monoisotopic (exact) mass is 283 g/mol. The molecule has 0 saturated carbocycles. The van der Waals surface area contributed by atoms with E-state index in [9.17, 15) is 4.79 Å². The zero-order chi connectivity index (χ0) is 14.7. The van der Waals surface area contributed by atoms with Crippen LogP contribution >= 0.6 is 0 Å². The van der Waals surface area contributed by atoms with Crippen LogP contribution < -0.4 is 15.4 Å². The lowest BCUT2D eigenvalue weighted by atomic mass is 10.3. The number of carbonyl (C=O) groups excluding carboxylic acids is 1. The molecule has 106 valence electrons. The van der Waals surface area contributed by atoms with Gasteiger partial charge >= 0.3 is 6.03 Å². The van der Waals surface area contributed by atoms with Gasteiger partial charge in [-0.2, -0.15) is 5.10 Å². The van der Waals surface area contributed by atoms with Gasteiger partial charge in [-0.25, -0.2) is 14.3 Å². The highest BCUT2D eigenvalue weighted by atomic mass is 16.5. The number of aromatic nitrogens is 3. The van der Waals surface area contributed by atoms with Crippen molar-refractivity contribution < 1.29 is 9.53 Å². The fraction of sp³-hybridized carbons (Fsp3) is 0.0714. The molecule has 7 nitrogen and oxygen atoms in total. The Morgan fingerprint density at radius 2 is 2.10 bits per heavy atom. The molecule has 3 aromatic rings. The van der Waals surface area contributed by atoms with E-state index < -0.39 is 0 Å². The number of hydrogen-bond acceptors (Lipinski definition) is 4. The van der Waals surface area contributed by atoms with Crippen LogP contribution in [0, 0.1) is 0 Å².